The molecule has 0 aromatic heterocycles. The SMILES string of the molecule is O=S(=O)(CCOc1ccc(F)cc1)N1CCN(c2ccc(Cl)cc2)CC1. The predicted molar refractivity (Wildman–Crippen MR) is 101 cm³/mol. The quantitative estimate of drug-likeness (QED) is 0.750. The van der Waals surface area contributed by atoms with E-state index >= 15 is 0 Å². The minimum atomic E-state index is -3.39. The number of hydrogen-bond donors (Lipinski definition) is 0. The average Bonchev–Trinajstić information content (AvgIpc) is 2.64. The third-order valence-corrected chi connectivity index (χ3v) is 6.33. The molecule has 5 nitrogen and oxygen atoms in total. The van der Waals surface area contributed by atoms with Crippen LogP contribution in [0.25, 0.3) is 0 Å². The van der Waals surface area contributed by atoms with Gasteiger partial charge in [-0.05, 0) is 48.5 Å². The third-order valence-electron chi connectivity index (χ3n) is 4.25. The Bertz CT molecular complexity index is 821. The minimum absolute atomic E-state index is 0.0331. The summed E-state index contributed by atoms with van der Waals surface area (Å²) in [5.74, 6) is -0.0108. The molecular formula is C18H20ClFN2O3S. The van der Waals surface area contributed by atoms with E-state index in [-0.39, 0.29) is 18.2 Å². The van der Waals surface area contributed by atoms with Crippen molar-refractivity contribution < 1.29 is 17.5 Å². The lowest BCUT2D eigenvalue weighted by molar-refractivity contribution is 0.330. The Morgan fingerprint density at radius 3 is 2.19 bits per heavy atom. The first-order valence-corrected chi connectivity index (χ1v) is 10.3. The molecule has 1 heterocycles. The van der Waals surface area contributed by atoms with Crippen LogP contribution in [-0.2, 0) is 10.0 Å². The van der Waals surface area contributed by atoms with Crippen LogP contribution in [0.3, 0.4) is 0 Å². The van der Waals surface area contributed by atoms with Gasteiger partial charge in [0, 0.05) is 36.9 Å². The van der Waals surface area contributed by atoms with Crippen molar-refractivity contribution in [1.29, 1.82) is 0 Å². The fourth-order valence-corrected chi connectivity index (χ4v) is 4.20. The van der Waals surface area contributed by atoms with Gasteiger partial charge in [-0.3, -0.25) is 0 Å². The number of ether oxygens (including phenoxy) is 1. The van der Waals surface area contributed by atoms with E-state index in [4.69, 9.17) is 16.3 Å². The molecule has 1 aliphatic heterocycles. The molecule has 0 aliphatic carbocycles. The number of benzene rings is 2. The highest BCUT2D eigenvalue weighted by molar-refractivity contribution is 7.89. The summed E-state index contributed by atoms with van der Waals surface area (Å²) >= 11 is 5.90. The fourth-order valence-electron chi connectivity index (χ4n) is 2.80. The number of rotatable bonds is 6. The number of nitrogens with zero attached hydrogens (tertiary/aromatic N) is 2. The molecule has 2 aromatic carbocycles. The molecule has 8 heteroatoms. The van der Waals surface area contributed by atoms with E-state index in [1.807, 2.05) is 24.3 Å². The second-order valence-electron chi connectivity index (χ2n) is 5.98. The van der Waals surface area contributed by atoms with Gasteiger partial charge in [0.05, 0.1) is 5.75 Å². The van der Waals surface area contributed by atoms with Crippen LogP contribution < -0.4 is 9.64 Å². The third kappa shape index (κ3) is 4.87. The number of hydrogen-bond acceptors (Lipinski definition) is 4. The summed E-state index contributed by atoms with van der Waals surface area (Å²) < 4.78 is 44.7. The molecule has 0 amide bonds. The fraction of sp³-hybridized carbons (Fsp3) is 0.333. The van der Waals surface area contributed by atoms with Gasteiger partial charge >= 0.3 is 0 Å². The Balaban J connectivity index is 1.49. The maximum absolute atomic E-state index is 12.8. The Morgan fingerprint density at radius 2 is 1.58 bits per heavy atom. The van der Waals surface area contributed by atoms with E-state index in [9.17, 15) is 12.8 Å². The molecule has 1 aliphatic rings. The van der Waals surface area contributed by atoms with Crippen molar-refractivity contribution in [3.63, 3.8) is 0 Å². The smallest absolute Gasteiger partial charge is 0.217 e. The molecule has 3 rings (SSSR count). The first-order chi connectivity index (χ1) is 12.4. The second kappa shape index (κ2) is 8.24. The number of piperazine rings is 1. The van der Waals surface area contributed by atoms with E-state index in [0.29, 0.717) is 37.0 Å². The molecule has 26 heavy (non-hydrogen) atoms. The predicted octanol–water partition coefficient (Wildman–Crippen LogP) is 3.01. The molecule has 0 unspecified atom stereocenters. The summed E-state index contributed by atoms with van der Waals surface area (Å²) in [6, 6.07) is 13.0. The van der Waals surface area contributed by atoms with Crippen molar-refractivity contribution in [2.24, 2.45) is 0 Å². The van der Waals surface area contributed by atoms with Crippen LogP contribution in [0.5, 0.6) is 5.75 Å². The highest BCUT2D eigenvalue weighted by Gasteiger charge is 2.26. The zero-order valence-corrected chi connectivity index (χ0v) is 15.7. The van der Waals surface area contributed by atoms with Gasteiger partial charge in [-0.15, -0.1) is 0 Å². The van der Waals surface area contributed by atoms with Gasteiger partial charge in [0.2, 0.25) is 10.0 Å². The summed E-state index contributed by atoms with van der Waals surface area (Å²) in [6.45, 7) is 2.15. The molecule has 0 saturated carbocycles. The summed E-state index contributed by atoms with van der Waals surface area (Å²) in [6.07, 6.45) is 0. The molecule has 0 atom stereocenters. The van der Waals surface area contributed by atoms with E-state index in [2.05, 4.69) is 4.90 Å². The van der Waals surface area contributed by atoms with Crippen LogP contribution in [0, 0.1) is 5.82 Å². The normalized spacial score (nSPS) is 15.8. The Morgan fingerprint density at radius 1 is 0.962 bits per heavy atom. The number of anilines is 1. The lowest BCUT2D eigenvalue weighted by Gasteiger charge is -2.35. The molecule has 0 radical (unpaired) electrons. The maximum atomic E-state index is 12.8. The minimum Gasteiger partial charge on any atom is -0.492 e. The van der Waals surface area contributed by atoms with Crippen LogP contribution in [-0.4, -0.2) is 51.3 Å². The Labute approximate surface area is 158 Å². The van der Waals surface area contributed by atoms with E-state index in [1.54, 1.807) is 0 Å². The van der Waals surface area contributed by atoms with Gasteiger partial charge in [-0.2, -0.15) is 4.31 Å². The van der Waals surface area contributed by atoms with Gasteiger partial charge in [0.15, 0.2) is 0 Å². The van der Waals surface area contributed by atoms with Gasteiger partial charge in [0.1, 0.15) is 18.2 Å². The maximum Gasteiger partial charge on any atom is 0.217 e. The van der Waals surface area contributed by atoms with Crippen molar-refractivity contribution in [3.05, 3.63) is 59.4 Å². The standard InChI is InChI=1S/C18H20ClFN2O3S/c19-15-1-5-17(6-2-15)21-9-11-22(12-10-21)26(23,24)14-13-25-18-7-3-16(20)4-8-18/h1-8H,9-14H2. The average molecular weight is 399 g/mol. The number of sulfonamides is 1. The zero-order valence-electron chi connectivity index (χ0n) is 14.1. The lowest BCUT2D eigenvalue weighted by Crippen LogP contribution is -2.49. The largest absolute Gasteiger partial charge is 0.492 e. The van der Waals surface area contributed by atoms with Crippen LogP contribution in [0.2, 0.25) is 5.02 Å². The molecular weight excluding hydrogens is 379 g/mol. The molecule has 0 spiro atoms. The molecule has 140 valence electrons. The van der Waals surface area contributed by atoms with Gasteiger partial charge in [-0.25, -0.2) is 12.8 Å². The molecule has 1 saturated heterocycles. The summed E-state index contributed by atoms with van der Waals surface area (Å²) in [5, 5.41) is 0.677. The van der Waals surface area contributed by atoms with E-state index < -0.39 is 10.0 Å². The van der Waals surface area contributed by atoms with Crippen molar-refractivity contribution in [2.75, 3.05) is 43.4 Å². The number of halogens is 2. The van der Waals surface area contributed by atoms with Gasteiger partial charge in [-0.1, -0.05) is 11.6 Å². The van der Waals surface area contributed by atoms with Gasteiger partial charge in [0.25, 0.3) is 0 Å². The van der Waals surface area contributed by atoms with Crippen molar-refractivity contribution in [3.8, 4) is 5.75 Å². The summed E-state index contributed by atoms with van der Waals surface area (Å²) in [4.78, 5) is 2.14. The summed E-state index contributed by atoms with van der Waals surface area (Å²) in [7, 11) is -3.39. The molecule has 1 fully saturated rings. The highest BCUT2D eigenvalue weighted by Crippen LogP contribution is 2.20. The van der Waals surface area contributed by atoms with E-state index in [1.165, 1.54) is 28.6 Å². The molecule has 2 aromatic rings. The summed E-state index contributed by atoms with van der Waals surface area (Å²) in [5.41, 5.74) is 1.03. The monoisotopic (exact) mass is 398 g/mol. The van der Waals surface area contributed by atoms with Crippen molar-refractivity contribution in [2.45, 2.75) is 0 Å². The first-order valence-electron chi connectivity index (χ1n) is 8.31. The van der Waals surface area contributed by atoms with Gasteiger partial charge < -0.3 is 9.64 Å². The van der Waals surface area contributed by atoms with Crippen LogP contribution >= 0.6 is 11.6 Å². The zero-order chi connectivity index (χ0) is 18.6. The van der Waals surface area contributed by atoms with Crippen molar-refractivity contribution >= 4 is 27.3 Å². The highest BCUT2D eigenvalue weighted by atomic mass is 35.5. The Kier molecular flexibility index (Phi) is 6.01. The first kappa shape index (κ1) is 18.9. The molecule has 0 bridgehead atoms. The lowest BCUT2D eigenvalue weighted by atomic mass is 10.2. The molecule has 0 N–H and O–H groups in total. The topological polar surface area (TPSA) is 49.9 Å². The Hall–Kier alpha value is -1.83. The van der Waals surface area contributed by atoms with Crippen LogP contribution in [0.15, 0.2) is 48.5 Å². The van der Waals surface area contributed by atoms with E-state index in [0.717, 1.165) is 5.69 Å². The van der Waals surface area contributed by atoms with Crippen LogP contribution in [0.1, 0.15) is 0 Å². The van der Waals surface area contributed by atoms with Crippen molar-refractivity contribution in [1.82, 2.24) is 4.31 Å². The van der Waals surface area contributed by atoms with Crippen LogP contribution in [0.4, 0.5) is 10.1 Å². The second-order valence-corrected chi connectivity index (χ2v) is 8.51.